The molecule has 0 radical (unpaired) electrons. The van der Waals surface area contributed by atoms with Gasteiger partial charge in [-0.1, -0.05) is 0 Å². The van der Waals surface area contributed by atoms with Gasteiger partial charge in [-0.05, 0) is 25.1 Å². The third kappa shape index (κ3) is 2.94. The number of benzene rings is 1. The van der Waals surface area contributed by atoms with Gasteiger partial charge in [-0.25, -0.2) is 4.98 Å². The first-order chi connectivity index (χ1) is 9.49. The van der Waals surface area contributed by atoms with Crippen LogP contribution >= 0.6 is 0 Å². The number of hydrogen-bond acceptors (Lipinski definition) is 6. The molecule has 0 saturated heterocycles. The number of ether oxygens (including phenoxy) is 1. The zero-order chi connectivity index (χ0) is 14.7. The number of anilines is 1. The van der Waals surface area contributed by atoms with Gasteiger partial charge in [0.25, 0.3) is 5.91 Å². The molecule has 104 valence electrons. The molecule has 7 nitrogen and oxygen atoms in total. The number of methoxy groups -OCH3 is 1. The second-order valence-electron chi connectivity index (χ2n) is 4.03. The molecule has 20 heavy (non-hydrogen) atoms. The number of carbonyl (C=O) groups is 1. The van der Waals surface area contributed by atoms with Crippen LogP contribution in [0.5, 0.6) is 17.4 Å². The van der Waals surface area contributed by atoms with Crippen LogP contribution in [0, 0.1) is 6.92 Å². The Morgan fingerprint density at radius 1 is 1.25 bits per heavy atom. The van der Waals surface area contributed by atoms with Gasteiger partial charge in [0.05, 0.1) is 12.7 Å². The molecule has 2 aromatic rings. The van der Waals surface area contributed by atoms with Gasteiger partial charge in [0.1, 0.15) is 11.5 Å². The van der Waals surface area contributed by atoms with E-state index >= 15 is 0 Å². The Kier molecular flexibility index (Phi) is 3.69. The maximum atomic E-state index is 12.0. The fourth-order valence-electron chi connectivity index (χ4n) is 1.57. The Labute approximate surface area is 114 Å². The summed E-state index contributed by atoms with van der Waals surface area (Å²) in [5.74, 6) is -0.649. The number of hydrogen-bond donors (Lipinski definition) is 3. The van der Waals surface area contributed by atoms with Crippen molar-refractivity contribution in [1.29, 1.82) is 0 Å². The largest absolute Gasteiger partial charge is 0.508 e. The Balaban J connectivity index is 2.27. The van der Waals surface area contributed by atoms with Crippen molar-refractivity contribution in [2.45, 2.75) is 6.92 Å². The Morgan fingerprint density at radius 2 is 2.00 bits per heavy atom. The summed E-state index contributed by atoms with van der Waals surface area (Å²) >= 11 is 0. The molecule has 0 aliphatic carbocycles. The molecule has 1 aromatic carbocycles. The topological polar surface area (TPSA) is 105 Å². The third-order valence-corrected chi connectivity index (χ3v) is 2.49. The zero-order valence-electron chi connectivity index (χ0n) is 10.9. The minimum Gasteiger partial charge on any atom is -0.508 e. The van der Waals surface area contributed by atoms with Gasteiger partial charge in [-0.2, -0.15) is 4.98 Å². The molecular formula is C13H13N3O4. The number of nitrogens with one attached hydrogen (secondary N) is 1. The SMILES string of the molecule is COc1cc(C)nc(NC(=O)c2cc(O)ccc2O)n1. The number of nitrogens with zero attached hydrogens (tertiary/aromatic N) is 2. The monoisotopic (exact) mass is 275 g/mol. The fraction of sp³-hybridized carbons (Fsp3) is 0.154. The second-order valence-corrected chi connectivity index (χ2v) is 4.03. The number of carbonyl (C=O) groups excluding carboxylic acids is 1. The summed E-state index contributed by atoms with van der Waals surface area (Å²) in [6, 6.07) is 5.26. The normalized spacial score (nSPS) is 10.1. The number of aryl methyl sites for hydroxylation is 1. The van der Waals surface area contributed by atoms with Crippen molar-refractivity contribution in [1.82, 2.24) is 9.97 Å². The fourth-order valence-corrected chi connectivity index (χ4v) is 1.57. The number of phenols is 2. The summed E-state index contributed by atoms with van der Waals surface area (Å²) in [5, 5.41) is 21.4. The second kappa shape index (κ2) is 5.43. The predicted molar refractivity (Wildman–Crippen MR) is 71.0 cm³/mol. The van der Waals surface area contributed by atoms with Crippen LogP contribution < -0.4 is 10.1 Å². The van der Waals surface area contributed by atoms with Gasteiger partial charge < -0.3 is 14.9 Å². The van der Waals surface area contributed by atoms with Gasteiger partial charge in [0, 0.05) is 11.8 Å². The highest BCUT2D eigenvalue weighted by Gasteiger charge is 2.14. The Morgan fingerprint density at radius 3 is 2.70 bits per heavy atom. The first-order valence-corrected chi connectivity index (χ1v) is 5.72. The highest BCUT2D eigenvalue weighted by Crippen LogP contribution is 2.23. The molecule has 2 rings (SSSR count). The van der Waals surface area contributed by atoms with E-state index in [0.29, 0.717) is 11.6 Å². The molecule has 0 unspecified atom stereocenters. The molecule has 1 amide bonds. The van der Waals surface area contributed by atoms with Crippen LogP contribution in [0.1, 0.15) is 16.1 Å². The minimum atomic E-state index is -0.633. The third-order valence-electron chi connectivity index (χ3n) is 2.49. The van der Waals surface area contributed by atoms with Crippen molar-refractivity contribution in [2.24, 2.45) is 0 Å². The Hall–Kier alpha value is -2.83. The predicted octanol–water partition coefficient (Wildman–Crippen LogP) is 1.46. The summed E-state index contributed by atoms with van der Waals surface area (Å²) in [5.41, 5.74) is 0.543. The van der Waals surface area contributed by atoms with E-state index in [0.717, 1.165) is 6.07 Å². The summed E-state index contributed by atoms with van der Waals surface area (Å²) in [6.07, 6.45) is 0. The van der Waals surface area contributed by atoms with Gasteiger partial charge in [0.2, 0.25) is 11.8 Å². The molecule has 0 bridgehead atoms. The van der Waals surface area contributed by atoms with Crippen LogP contribution in [0.4, 0.5) is 5.95 Å². The van der Waals surface area contributed by atoms with Crippen molar-refractivity contribution in [3.05, 3.63) is 35.5 Å². The molecule has 1 aromatic heterocycles. The molecule has 0 aliphatic rings. The van der Waals surface area contributed by atoms with E-state index in [4.69, 9.17) is 4.74 Å². The lowest BCUT2D eigenvalue weighted by molar-refractivity contribution is 0.102. The summed E-state index contributed by atoms with van der Waals surface area (Å²) in [4.78, 5) is 20.0. The summed E-state index contributed by atoms with van der Waals surface area (Å²) in [6.45, 7) is 1.73. The van der Waals surface area contributed by atoms with Gasteiger partial charge in [0.15, 0.2) is 0 Å². The molecule has 0 spiro atoms. The average Bonchev–Trinajstić information content (AvgIpc) is 2.40. The molecule has 7 heteroatoms. The van der Waals surface area contributed by atoms with E-state index in [1.165, 1.54) is 19.2 Å². The molecule has 0 fully saturated rings. The van der Waals surface area contributed by atoms with Crippen LogP contribution in [0.3, 0.4) is 0 Å². The van der Waals surface area contributed by atoms with Gasteiger partial charge in [-0.3, -0.25) is 10.1 Å². The molecule has 0 atom stereocenters. The maximum absolute atomic E-state index is 12.0. The molecular weight excluding hydrogens is 262 g/mol. The first-order valence-electron chi connectivity index (χ1n) is 5.72. The highest BCUT2D eigenvalue weighted by molar-refractivity contribution is 6.05. The van der Waals surface area contributed by atoms with Gasteiger partial charge in [-0.15, -0.1) is 0 Å². The van der Waals surface area contributed by atoms with Crippen molar-refractivity contribution in [2.75, 3.05) is 12.4 Å². The lowest BCUT2D eigenvalue weighted by Gasteiger charge is -2.08. The first kappa shape index (κ1) is 13.6. The molecule has 3 N–H and O–H groups in total. The smallest absolute Gasteiger partial charge is 0.261 e. The van der Waals surface area contributed by atoms with Crippen LogP contribution in [0.15, 0.2) is 24.3 Å². The lowest BCUT2D eigenvalue weighted by Crippen LogP contribution is -2.15. The van der Waals surface area contributed by atoms with E-state index in [9.17, 15) is 15.0 Å². The lowest BCUT2D eigenvalue weighted by atomic mass is 10.2. The van der Waals surface area contributed by atoms with Crippen LogP contribution in [-0.4, -0.2) is 33.2 Å². The number of amides is 1. The molecule has 1 heterocycles. The zero-order valence-corrected chi connectivity index (χ0v) is 10.9. The van der Waals surface area contributed by atoms with Crippen molar-refractivity contribution in [3.8, 4) is 17.4 Å². The van der Waals surface area contributed by atoms with Crippen LogP contribution in [-0.2, 0) is 0 Å². The Bertz CT molecular complexity index is 658. The van der Waals surface area contributed by atoms with Crippen LogP contribution in [0.2, 0.25) is 0 Å². The standard InChI is InChI=1S/C13H13N3O4/c1-7-5-11(20-2)15-13(14-7)16-12(19)9-6-8(17)3-4-10(9)18/h3-6,17-18H,1-2H3,(H,14,15,16,19). The highest BCUT2D eigenvalue weighted by atomic mass is 16.5. The number of rotatable bonds is 3. The van der Waals surface area contributed by atoms with Gasteiger partial charge >= 0.3 is 0 Å². The minimum absolute atomic E-state index is 0.0505. The van der Waals surface area contributed by atoms with Crippen molar-refractivity contribution in [3.63, 3.8) is 0 Å². The molecule has 0 aliphatic heterocycles. The van der Waals surface area contributed by atoms with Crippen molar-refractivity contribution >= 4 is 11.9 Å². The number of aromatic nitrogens is 2. The van der Waals surface area contributed by atoms with E-state index in [2.05, 4.69) is 15.3 Å². The van der Waals surface area contributed by atoms with E-state index in [1.807, 2.05) is 0 Å². The summed E-state index contributed by atoms with van der Waals surface area (Å²) < 4.78 is 4.97. The maximum Gasteiger partial charge on any atom is 0.261 e. The number of aromatic hydroxyl groups is 2. The quantitative estimate of drug-likeness (QED) is 0.732. The van der Waals surface area contributed by atoms with Crippen molar-refractivity contribution < 1.29 is 19.7 Å². The average molecular weight is 275 g/mol. The number of phenolic OH excluding ortho intramolecular Hbond substituents is 2. The summed E-state index contributed by atoms with van der Waals surface area (Å²) in [7, 11) is 1.45. The van der Waals surface area contributed by atoms with E-state index in [1.54, 1.807) is 13.0 Å². The van der Waals surface area contributed by atoms with E-state index < -0.39 is 5.91 Å². The molecule has 0 saturated carbocycles. The van der Waals surface area contributed by atoms with E-state index in [-0.39, 0.29) is 23.0 Å². The van der Waals surface area contributed by atoms with Crippen LogP contribution in [0.25, 0.3) is 0 Å².